The van der Waals surface area contributed by atoms with Crippen molar-refractivity contribution < 1.29 is 9.47 Å². The van der Waals surface area contributed by atoms with Crippen LogP contribution in [0.5, 0.6) is 11.5 Å². The van der Waals surface area contributed by atoms with E-state index in [9.17, 15) is 5.26 Å². The number of hydrogen-bond acceptors (Lipinski definition) is 6. The second-order valence-corrected chi connectivity index (χ2v) is 10.2. The predicted molar refractivity (Wildman–Crippen MR) is 131 cm³/mol. The minimum absolute atomic E-state index is 0.0243. The molecule has 6 rings (SSSR count). The Bertz CT molecular complexity index is 1400. The number of nitrogens with one attached hydrogen (secondary N) is 1. The maximum Gasteiger partial charge on any atom is 0.171 e. The molecule has 2 atom stereocenters. The Morgan fingerprint density at radius 3 is 3.00 bits per heavy atom. The Morgan fingerprint density at radius 1 is 1.15 bits per heavy atom. The molecule has 33 heavy (non-hydrogen) atoms. The van der Waals surface area contributed by atoms with Crippen LogP contribution in [0.15, 0.2) is 42.5 Å². The Hall–Kier alpha value is -3.14. The number of benzene rings is 2. The van der Waals surface area contributed by atoms with Gasteiger partial charge in [-0.15, -0.1) is 11.3 Å². The van der Waals surface area contributed by atoms with Crippen LogP contribution in [0.2, 0.25) is 0 Å². The number of nitrogens with zero attached hydrogens (tertiary/aromatic N) is 2. The van der Waals surface area contributed by atoms with E-state index in [0.717, 1.165) is 59.6 Å². The number of rotatable bonds is 4. The molecule has 1 aliphatic heterocycles. The molecule has 0 saturated heterocycles. The first kappa shape index (κ1) is 20.5. The van der Waals surface area contributed by atoms with Gasteiger partial charge < -0.3 is 14.8 Å². The van der Waals surface area contributed by atoms with E-state index >= 15 is 0 Å². The molecule has 2 aromatic heterocycles. The molecule has 5 nitrogen and oxygen atoms in total. The highest BCUT2D eigenvalue weighted by atomic mass is 32.1. The molecule has 1 aliphatic carbocycles. The monoisotopic (exact) mass is 455 g/mol. The highest BCUT2D eigenvalue weighted by Gasteiger charge is 2.25. The van der Waals surface area contributed by atoms with Gasteiger partial charge in [0.1, 0.15) is 12.7 Å². The van der Waals surface area contributed by atoms with Gasteiger partial charge in [0.05, 0.1) is 17.1 Å². The van der Waals surface area contributed by atoms with E-state index < -0.39 is 0 Å². The first-order valence-corrected chi connectivity index (χ1v) is 12.3. The zero-order valence-corrected chi connectivity index (χ0v) is 19.4. The molecule has 0 bridgehead atoms. The smallest absolute Gasteiger partial charge is 0.171 e. The number of ether oxygens (including phenoxy) is 2. The van der Waals surface area contributed by atoms with Gasteiger partial charge >= 0.3 is 0 Å². The summed E-state index contributed by atoms with van der Waals surface area (Å²) in [6, 6.07) is 16.4. The summed E-state index contributed by atoms with van der Waals surface area (Å²) in [5.41, 5.74) is 4.13. The van der Waals surface area contributed by atoms with Crippen molar-refractivity contribution in [2.75, 3.05) is 19.7 Å². The molecule has 6 heteroatoms. The second kappa shape index (κ2) is 8.33. The Morgan fingerprint density at radius 2 is 2.09 bits per heavy atom. The quantitative estimate of drug-likeness (QED) is 0.460. The maximum atomic E-state index is 9.28. The predicted octanol–water partition coefficient (Wildman–Crippen LogP) is 5.16. The van der Waals surface area contributed by atoms with Crippen molar-refractivity contribution in [2.45, 2.75) is 32.3 Å². The zero-order valence-electron chi connectivity index (χ0n) is 18.6. The molecule has 2 aliphatic rings. The number of pyridine rings is 1. The average Bonchev–Trinajstić information content (AvgIpc) is 3.21. The first-order chi connectivity index (χ1) is 16.2. The molecule has 0 amide bonds. The van der Waals surface area contributed by atoms with Crippen LogP contribution in [0.3, 0.4) is 0 Å². The molecule has 0 fully saturated rings. The molecular formula is C27H25N3O2S. The van der Waals surface area contributed by atoms with Gasteiger partial charge in [0, 0.05) is 27.2 Å². The Balaban J connectivity index is 1.11. The van der Waals surface area contributed by atoms with Crippen molar-refractivity contribution in [3.05, 3.63) is 64.2 Å². The molecule has 3 heterocycles. The number of aryl methyl sites for hydroxylation is 2. The van der Waals surface area contributed by atoms with Crippen LogP contribution in [-0.4, -0.2) is 30.8 Å². The van der Waals surface area contributed by atoms with Gasteiger partial charge in [-0.3, -0.25) is 4.98 Å². The average molecular weight is 456 g/mol. The van der Waals surface area contributed by atoms with Gasteiger partial charge in [0.2, 0.25) is 0 Å². The van der Waals surface area contributed by atoms with Crippen LogP contribution in [0.1, 0.15) is 28.1 Å². The summed E-state index contributed by atoms with van der Waals surface area (Å²) >= 11 is 1.89. The van der Waals surface area contributed by atoms with Crippen LogP contribution in [0.25, 0.3) is 21.0 Å². The van der Waals surface area contributed by atoms with Crippen molar-refractivity contribution >= 4 is 32.3 Å². The Labute approximate surface area is 197 Å². The minimum Gasteiger partial charge on any atom is -0.486 e. The lowest BCUT2D eigenvalue weighted by Gasteiger charge is -2.29. The van der Waals surface area contributed by atoms with Gasteiger partial charge in [-0.25, -0.2) is 0 Å². The van der Waals surface area contributed by atoms with E-state index in [-0.39, 0.29) is 6.10 Å². The third-order valence-electron chi connectivity index (χ3n) is 6.72. The van der Waals surface area contributed by atoms with Crippen LogP contribution in [0.4, 0.5) is 0 Å². The summed E-state index contributed by atoms with van der Waals surface area (Å²) in [4.78, 5) is 6.10. The molecule has 4 aromatic rings. The third-order valence-corrected chi connectivity index (χ3v) is 7.99. The van der Waals surface area contributed by atoms with Crippen molar-refractivity contribution in [1.29, 1.82) is 5.26 Å². The number of nitriles is 1. The van der Waals surface area contributed by atoms with E-state index in [0.29, 0.717) is 12.5 Å². The standard InChI is InChI=1S/C27H25N3O2S/c1-16-2-5-20-23(30-16)6-7-24-27(20)32-19(15-31-24)14-29-13-18-4-9-26-22(11-18)21-10-17(12-28)3-8-25(21)33-26/h2-3,5-8,10,18-19,29H,4,9,11,13-15H2,1H3/t18-,19-/m0/s1. The number of thiophene rings is 1. The van der Waals surface area contributed by atoms with E-state index in [2.05, 4.69) is 34.6 Å². The van der Waals surface area contributed by atoms with Gasteiger partial charge in [0.25, 0.3) is 0 Å². The molecular weight excluding hydrogens is 430 g/mol. The lowest BCUT2D eigenvalue weighted by molar-refractivity contribution is 0.0915. The molecule has 0 radical (unpaired) electrons. The number of hydrogen-bond donors (Lipinski definition) is 1. The lowest BCUT2D eigenvalue weighted by Crippen LogP contribution is -2.40. The van der Waals surface area contributed by atoms with Crippen molar-refractivity contribution in [3.63, 3.8) is 0 Å². The van der Waals surface area contributed by atoms with Gasteiger partial charge in [-0.2, -0.15) is 5.26 Å². The highest BCUT2D eigenvalue weighted by Crippen LogP contribution is 2.39. The number of aromatic nitrogens is 1. The number of fused-ring (bicyclic) bond motifs is 6. The topological polar surface area (TPSA) is 67.2 Å². The van der Waals surface area contributed by atoms with E-state index in [1.165, 1.54) is 26.9 Å². The maximum absolute atomic E-state index is 9.28. The molecule has 0 spiro atoms. The zero-order chi connectivity index (χ0) is 22.4. The SMILES string of the molecule is Cc1ccc2c3c(ccc2n1)OC[C@H](CNC[C@H]1CCc2sc4ccc(C#N)cc4c2C1)O3. The molecule has 166 valence electrons. The van der Waals surface area contributed by atoms with Crippen molar-refractivity contribution in [1.82, 2.24) is 10.3 Å². The van der Waals surface area contributed by atoms with E-state index in [4.69, 9.17) is 9.47 Å². The van der Waals surface area contributed by atoms with E-state index in [1.807, 2.05) is 42.5 Å². The summed E-state index contributed by atoms with van der Waals surface area (Å²) in [5, 5.41) is 15.2. The lowest BCUT2D eigenvalue weighted by atomic mass is 9.86. The fourth-order valence-corrected chi connectivity index (χ4v) is 6.25. The normalized spacial score (nSPS) is 19.4. The minimum atomic E-state index is -0.0243. The summed E-state index contributed by atoms with van der Waals surface area (Å²) in [5.74, 6) is 2.19. The van der Waals surface area contributed by atoms with Crippen molar-refractivity contribution in [3.8, 4) is 17.6 Å². The fourth-order valence-electron chi connectivity index (χ4n) is 5.02. The largest absolute Gasteiger partial charge is 0.486 e. The Kier molecular flexibility index (Phi) is 5.17. The summed E-state index contributed by atoms with van der Waals surface area (Å²) < 4.78 is 13.7. The van der Waals surface area contributed by atoms with Gasteiger partial charge in [-0.1, -0.05) is 0 Å². The summed E-state index contributed by atoms with van der Waals surface area (Å²) in [6.45, 7) is 4.25. The van der Waals surface area contributed by atoms with Gasteiger partial charge in [0.15, 0.2) is 11.5 Å². The summed E-state index contributed by atoms with van der Waals surface area (Å²) in [7, 11) is 0. The molecule has 1 N–H and O–H groups in total. The fraction of sp³-hybridized carbons (Fsp3) is 0.333. The van der Waals surface area contributed by atoms with E-state index in [1.54, 1.807) is 0 Å². The first-order valence-electron chi connectivity index (χ1n) is 11.5. The summed E-state index contributed by atoms with van der Waals surface area (Å²) in [6.07, 6.45) is 3.36. The van der Waals surface area contributed by atoms with Crippen molar-refractivity contribution in [2.24, 2.45) is 5.92 Å². The van der Waals surface area contributed by atoms with Crippen LogP contribution in [-0.2, 0) is 12.8 Å². The molecule has 2 aromatic carbocycles. The van der Waals surface area contributed by atoms with Crippen LogP contribution in [0, 0.1) is 24.2 Å². The van der Waals surface area contributed by atoms with Crippen LogP contribution >= 0.6 is 11.3 Å². The van der Waals surface area contributed by atoms with Crippen LogP contribution < -0.4 is 14.8 Å². The van der Waals surface area contributed by atoms with Gasteiger partial charge in [-0.05, 0) is 92.1 Å². The highest BCUT2D eigenvalue weighted by molar-refractivity contribution is 7.19. The second-order valence-electron chi connectivity index (χ2n) is 9.06. The molecule has 0 unspecified atom stereocenters. The molecule has 0 saturated carbocycles. The third kappa shape index (κ3) is 3.82.